The molecule has 3 aliphatic heterocycles. The minimum Gasteiger partial charge on any atom is -0.496 e. The summed E-state index contributed by atoms with van der Waals surface area (Å²) in [5.74, 6) is 4.43. The molecular weight excluding hydrogens is 394 g/mol. The van der Waals surface area contributed by atoms with Crippen molar-refractivity contribution in [3.63, 3.8) is 0 Å². The van der Waals surface area contributed by atoms with Crippen LogP contribution in [0, 0.1) is 5.92 Å². The van der Waals surface area contributed by atoms with E-state index in [-0.39, 0.29) is 18.1 Å². The van der Waals surface area contributed by atoms with Crippen molar-refractivity contribution >= 4 is 0 Å². The summed E-state index contributed by atoms with van der Waals surface area (Å²) >= 11 is 0. The van der Waals surface area contributed by atoms with E-state index in [9.17, 15) is 0 Å². The summed E-state index contributed by atoms with van der Waals surface area (Å²) in [6, 6.07) is 10.3. The molecule has 0 bridgehead atoms. The van der Waals surface area contributed by atoms with Crippen LogP contribution in [0.15, 0.2) is 30.3 Å². The van der Waals surface area contributed by atoms with Crippen molar-refractivity contribution in [1.29, 1.82) is 0 Å². The zero-order chi connectivity index (χ0) is 21.4. The SMILES string of the molecule is CCOc1ccc(C2c3cc4c(cc3OC(N3CCCC3)C2C)OCCO4)c(OC)c1. The summed E-state index contributed by atoms with van der Waals surface area (Å²) in [4.78, 5) is 2.47. The van der Waals surface area contributed by atoms with Crippen molar-refractivity contribution in [1.82, 2.24) is 4.90 Å². The summed E-state index contributed by atoms with van der Waals surface area (Å²) in [6.45, 7) is 8.17. The smallest absolute Gasteiger partial charge is 0.165 e. The maximum absolute atomic E-state index is 6.61. The molecule has 6 nitrogen and oxygen atoms in total. The van der Waals surface area contributed by atoms with E-state index in [0.717, 1.165) is 53.0 Å². The molecule has 0 aromatic heterocycles. The van der Waals surface area contributed by atoms with Gasteiger partial charge in [0.2, 0.25) is 0 Å². The maximum atomic E-state index is 6.61. The molecule has 0 saturated carbocycles. The molecule has 0 spiro atoms. The van der Waals surface area contributed by atoms with Gasteiger partial charge >= 0.3 is 0 Å². The quantitative estimate of drug-likeness (QED) is 0.706. The second-order valence-electron chi connectivity index (χ2n) is 8.46. The van der Waals surface area contributed by atoms with E-state index in [4.69, 9.17) is 23.7 Å². The molecule has 0 radical (unpaired) electrons. The fourth-order valence-electron chi connectivity index (χ4n) is 5.17. The highest BCUT2D eigenvalue weighted by molar-refractivity contribution is 5.57. The molecule has 1 saturated heterocycles. The largest absolute Gasteiger partial charge is 0.496 e. The Balaban J connectivity index is 1.62. The summed E-state index contributed by atoms with van der Waals surface area (Å²) in [7, 11) is 1.72. The van der Waals surface area contributed by atoms with Gasteiger partial charge in [0.15, 0.2) is 17.7 Å². The molecule has 3 aliphatic rings. The normalized spacial score (nSPS) is 24.9. The van der Waals surface area contributed by atoms with Crippen LogP contribution >= 0.6 is 0 Å². The van der Waals surface area contributed by atoms with Crippen LogP contribution in [-0.4, -0.2) is 51.1 Å². The van der Waals surface area contributed by atoms with Crippen molar-refractivity contribution in [3.05, 3.63) is 41.5 Å². The zero-order valence-corrected chi connectivity index (χ0v) is 18.6. The third-order valence-corrected chi connectivity index (χ3v) is 6.58. The van der Waals surface area contributed by atoms with Gasteiger partial charge in [-0.3, -0.25) is 4.90 Å². The summed E-state index contributed by atoms with van der Waals surface area (Å²) in [6.07, 6.45) is 2.45. The van der Waals surface area contributed by atoms with Crippen LogP contribution in [0.1, 0.15) is 43.7 Å². The first-order valence-corrected chi connectivity index (χ1v) is 11.3. The van der Waals surface area contributed by atoms with Crippen LogP contribution in [0.25, 0.3) is 0 Å². The van der Waals surface area contributed by atoms with Gasteiger partial charge in [0.1, 0.15) is 30.5 Å². The fourth-order valence-corrected chi connectivity index (χ4v) is 5.17. The predicted octanol–water partition coefficient (Wildman–Crippen LogP) is 4.45. The van der Waals surface area contributed by atoms with E-state index in [1.165, 1.54) is 12.8 Å². The lowest BCUT2D eigenvalue weighted by molar-refractivity contribution is -0.0183. The Bertz CT molecular complexity index is 940. The summed E-state index contributed by atoms with van der Waals surface area (Å²) in [5, 5.41) is 0. The van der Waals surface area contributed by atoms with Gasteiger partial charge in [0, 0.05) is 48.2 Å². The highest BCUT2D eigenvalue weighted by atomic mass is 16.6. The van der Waals surface area contributed by atoms with E-state index in [2.05, 4.69) is 24.0 Å². The van der Waals surface area contributed by atoms with Crippen LogP contribution in [-0.2, 0) is 0 Å². The van der Waals surface area contributed by atoms with Crippen molar-refractivity contribution in [2.75, 3.05) is 40.0 Å². The topological polar surface area (TPSA) is 49.4 Å². The van der Waals surface area contributed by atoms with E-state index in [1.807, 2.05) is 25.1 Å². The van der Waals surface area contributed by atoms with E-state index in [0.29, 0.717) is 19.8 Å². The number of benzene rings is 2. The Morgan fingerprint density at radius 1 is 0.968 bits per heavy atom. The summed E-state index contributed by atoms with van der Waals surface area (Å²) < 4.78 is 29.9. The van der Waals surface area contributed by atoms with Crippen LogP contribution in [0.2, 0.25) is 0 Å². The molecule has 2 aromatic carbocycles. The van der Waals surface area contributed by atoms with Gasteiger partial charge in [-0.25, -0.2) is 0 Å². The van der Waals surface area contributed by atoms with Gasteiger partial charge in [0.25, 0.3) is 0 Å². The van der Waals surface area contributed by atoms with Crippen LogP contribution in [0.5, 0.6) is 28.7 Å². The number of rotatable bonds is 5. The van der Waals surface area contributed by atoms with Gasteiger partial charge in [-0.15, -0.1) is 0 Å². The Kier molecular flexibility index (Phi) is 5.57. The average molecular weight is 426 g/mol. The van der Waals surface area contributed by atoms with Crippen LogP contribution < -0.4 is 23.7 Å². The first-order chi connectivity index (χ1) is 15.2. The Morgan fingerprint density at radius 2 is 1.71 bits per heavy atom. The molecule has 3 atom stereocenters. The zero-order valence-electron chi connectivity index (χ0n) is 18.6. The van der Waals surface area contributed by atoms with Gasteiger partial charge < -0.3 is 23.7 Å². The number of hydrogen-bond acceptors (Lipinski definition) is 6. The Labute approximate surface area is 184 Å². The minimum atomic E-state index is 0.0128. The lowest BCUT2D eigenvalue weighted by Gasteiger charge is -2.42. The summed E-state index contributed by atoms with van der Waals surface area (Å²) in [5.41, 5.74) is 2.26. The lowest BCUT2D eigenvalue weighted by atomic mass is 9.77. The van der Waals surface area contributed by atoms with E-state index < -0.39 is 0 Å². The minimum absolute atomic E-state index is 0.0128. The molecule has 0 aliphatic carbocycles. The second-order valence-corrected chi connectivity index (χ2v) is 8.46. The van der Waals surface area contributed by atoms with E-state index in [1.54, 1.807) is 7.11 Å². The molecule has 1 fully saturated rings. The molecular formula is C25H31NO5. The van der Waals surface area contributed by atoms with Gasteiger partial charge in [-0.05, 0) is 31.9 Å². The Hall–Kier alpha value is -2.60. The monoisotopic (exact) mass is 425 g/mol. The van der Waals surface area contributed by atoms with Gasteiger partial charge in [0.05, 0.1) is 13.7 Å². The van der Waals surface area contributed by atoms with Gasteiger partial charge in [-0.2, -0.15) is 0 Å². The molecule has 5 rings (SSSR count). The molecule has 3 heterocycles. The average Bonchev–Trinajstić information content (AvgIpc) is 3.33. The number of fused-ring (bicyclic) bond motifs is 2. The van der Waals surface area contributed by atoms with E-state index >= 15 is 0 Å². The third kappa shape index (κ3) is 3.67. The van der Waals surface area contributed by atoms with Crippen LogP contribution in [0.4, 0.5) is 0 Å². The number of nitrogens with zero attached hydrogens (tertiary/aromatic N) is 1. The van der Waals surface area contributed by atoms with Gasteiger partial charge in [-0.1, -0.05) is 13.0 Å². The lowest BCUT2D eigenvalue weighted by Crippen LogP contribution is -2.47. The molecule has 6 heteroatoms. The number of likely N-dealkylation sites (tertiary alicyclic amines) is 1. The first-order valence-electron chi connectivity index (χ1n) is 11.3. The maximum Gasteiger partial charge on any atom is 0.165 e. The molecule has 3 unspecified atom stereocenters. The molecule has 2 aromatic rings. The second kappa shape index (κ2) is 8.50. The van der Waals surface area contributed by atoms with Crippen molar-refractivity contribution in [2.45, 2.75) is 38.8 Å². The standard InChI is InChI=1S/C25H31NO5/c1-4-28-17-7-8-18(20(13-17)27-3)24-16(2)25(26-9-5-6-10-26)31-21-15-23-22(14-19(21)24)29-11-12-30-23/h7-8,13-16,24-25H,4-6,9-12H2,1-3H3. The number of hydrogen-bond donors (Lipinski definition) is 0. The highest BCUT2D eigenvalue weighted by Gasteiger charge is 2.42. The molecule has 31 heavy (non-hydrogen) atoms. The van der Waals surface area contributed by atoms with Crippen molar-refractivity contribution in [2.24, 2.45) is 5.92 Å². The highest BCUT2D eigenvalue weighted by Crippen LogP contribution is 2.51. The third-order valence-electron chi connectivity index (χ3n) is 6.58. The van der Waals surface area contributed by atoms with Crippen molar-refractivity contribution in [3.8, 4) is 28.7 Å². The molecule has 0 N–H and O–H groups in total. The number of methoxy groups -OCH3 is 1. The van der Waals surface area contributed by atoms with Crippen molar-refractivity contribution < 1.29 is 23.7 Å². The first kappa shape index (κ1) is 20.3. The predicted molar refractivity (Wildman–Crippen MR) is 118 cm³/mol. The molecule has 166 valence electrons. The fraction of sp³-hybridized carbons (Fsp3) is 0.520. The molecule has 0 amide bonds. The Morgan fingerprint density at radius 3 is 2.42 bits per heavy atom. The number of ether oxygens (including phenoxy) is 5. The van der Waals surface area contributed by atoms with Crippen LogP contribution in [0.3, 0.4) is 0 Å².